The lowest BCUT2D eigenvalue weighted by molar-refractivity contribution is -0.120. The molecule has 2 amide bonds. The van der Waals surface area contributed by atoms with Gasteiger partial charge in [-0.3, -0.25) is 9.59 Å². The molecule has 2 aromatic rings. The Kier molecular flexibility index (Phi) is 4.52. The van der Waals surface area contributed by atoms with Crippen molar-refractivity contribution in [3.63, 3.8) is 0 Å². The average Bonchev–Trinajstić information content (AvgIpc) is 2.56. The number of benzene rings is 2. The Morgan fingerprint density at radius 3 is 2.78 bits per heavy atom. The van der Waals surface area contributed by atoms with Gasteiger partial charge in [-0.25, -0.2) is 0 Å². The molecule has 3 rings (SSSR count). The van der Waals surface area contributed by atoms with E-state index in [4.69, 9.17) is 4.74 Å². The number of amides is 2. The number of carbonyl (C=O) groups excluding carboxylic acids is 2. The lowest BCUT2D eigenvalue weighted by Crippen LogP contribution is -2.32. The summed E-state index contributed by atoms with van der Waals surface area (Å²) in [5, 5.41) is 5.19. The molecule has 23 heavy (non-hydrogen) atoms. The van der Waals surface area contributed by atoms with Gasteiger partial charge in [0.05, 0.1) is 23.7 Å². The van der Waals surface area contributed by atoms with Gasteiger partial charge in [0.1, 0.15) is 5.75 Å². The zero-order valence-electron chi connectivity index (χ0n) is 12.5. The number of nitrogens with one attached hydrogen (secondary N) is 2. The Hall–Kier alpha value is -2.47. The summed E-state index contributed by atoms with van der Waals surface area (Å²) in [5.41, 5.74) is 1.39. The second-order valence-corrected chi connectivity index (χ2v) is 6.29. The van der Waals surface area contributed by atoms with E-state index >= 15 is 0 Å². The predicted molar refractivity (Wildman–Crippen MR) is 91.0 cm³/mol. The number of hydrogen-bond acceptors (Lipinski definition) is 4. The molecule has 0 saturated carbocycles. The summed E-state index contributed by atoms with van der Waals surface area (Å²) >= 11 is 1.41. The van der Waals surface area contributed by atoms with Crippen molar-refractivity contribution in [2.24, 2.45) is 0 Å². The topological polar surface area (TPSA) is 67.4 Å². The maximum atomic E-state index is 12.2. The van der Waals surface area contributed by atoms with Crippen LogP contribution in [0.3, 0.4) is 0 Å². The third-order valence-corrected chi connectivity index (χ3v) is 4.73. The van der Waals surface area contributed by atoms with Crippen LogP contribution in [0, 0.1) is 0 Å². The SMILES string of the molecule is COc1ccccc1NC(=O)C[C@H]1Sc2ccccc2NC1=O. The molecule has 0 aliphatic carbocycles. The first-order valence-corrected chi connectivity index (χ1v) is 8.05. The Morgan fingerprint density at radius 1 is 1.22 bits per heavy atom. The number of ether oxygens (including phenoxy) is 1. The van der Waals surface area contributed by atoms with Gasteiger partial charge in [0.25, 0.3) is 0 Å². The molecule has 1 atom stereocenters. The van der Waals surface area contributed by atoms with Gasteiger partial charge in [-0.05, 0) is 24.3 Å². The third-order valence-electron chi connectivity index (χ3n) is 3.46. The van der Waals surface area contributed by atoms with E-state index in [2.05, 4.69) is 10.6 Å². The Labute approximate surface area is 138 Å². The minimum absolute atomic E-state index is 0.100. The number of fused-ring (bicyclic) bond motifs is 1. The van der Waals surface area contributed by atoms with Crippen molar-refractivity contribution >= 4 is 35.0 Å². The molecule has 0 unspecified atom stereocenters. The van der Waals surface area contributed by atoms with Crippen LogP contribution < -0.4 is 15.4 Å². The number of carbonyl (C=O) groups is 2. The average molecular weight is 328 g/mol. The van der Waals surface area contributed by atoms with E-state index in [-0.39, 0.29) is 18.2 Å². The number of methoxy groups -OCH3 is 1. The second kappa shape index (κ2) is 6.75. The highest BCUT2D eigenvalue weighted by atomic mass is 32.2. The summed E-state index contributed by atoms with van der Waals surface area (Å²) in [7, 11) is 1.55. The molecule has 1 aliphatic rings. The van der Waals surface area contributed by atoms with E-state index in [0.29, 0.717) is 11.4 Å². The van der Waals surface area contributed by atoms with Crippen molar-refractivity contribution in [2.75, 3.05) is 17.7 Å². The van der Waals surface area contributed by atoms with Crippen LogP contribution in [0.25, 0.3) is 0 Å². The Balaban J connectivity index is 1.68. The maximum absolute atomic E-state index is 12.2. The quantitative estimate of drug-likeness (QED) is 0.905. The highest BCUT2D eigenvalue weighted by Gasteiger charge is 2.28. The van der Waals surface area contributed by atoms with Crippen molar-refractivity contribution < 1.29 is 14.3 Å². The van der Waals surface area contributed by atoms with Gasteiger partial charge in [0, 0.05) is 11.3 Å². The van der Waals surface area contributed by atoms with Crippen LogP contribution in [0.2, 0.25) is 0 Å². The molecule has 2 N–H and O–H groups in total. The van der Waals surface area contributed by atoms with Gasteiger partial charge in [0.2, 0.25) is 11.8 Å². The Bertz CT molecular complexity index is 748. The molecule has 1 heterocycles. The van der Waals surface area contributed by atoms with E-state index in [9.17, 15) is 9.59 Å². The molecule has 2 aromatic carbocycles. The van der Waals surface area contributed by atoms with Gasteiger partial charge in [-0.15, -0.1) is 11.8 Å². The van der Waals surface area contributed by atoms with Crippen LogP contribution >= 0.6 is 11.8 Å². The minimum Gasteiger partial charge on any atom is -0.495 e. The van der Waals surface area contributed by atoms with Crippen LogP contribution in [-0.2, 0) is 9.59 Å². The van der Waals surface area contributed by atoms with Gasteiger partial charge in [-0.1, -0.05) is 24.3 Å². The molecular formula is C17H16N2O3S. The maximum Gasteiger partial charge on any atom is 0.238 e. The summed E-state index contributed by atoms with van der Waals surface area (Å²) in [4.78, 5) is 25.4. The first kappa shape index (κ1) is 15.4. The fourth-order valence-electron chi connectivity index (χ4n) is 2.34. The number of thioether (sulfide) groups is 1. The van der Waals surface area contributed by atoms with Gasteiger partial charge in [0.15, 0.2) is 0 Å². The molecule has 6 heteroatoms. The molecule has 1 aliphatic heterocycles. The summed E-state index contributed by atoms with van der Waals surface area (Å²) in [6, 6.07) is 14.7. The van der Waals surface area contributed by atoms with Gasteiger partial charge in [-0.2, -0.15) is 0 Å². The van der Waals surface area contributed by atoms with Crippen molar-refractivity contribution in [3.05, 3.63) is 48.5 Å². The second-order valence-electron chi connectivity index (χ2n) is 5.04. The molecular weight excluding hydrogens is 312 g/mol. The van der Waals surface area contributed by atoms with Crippen LogP contribution in [0.4, 0.5) is 11.4 Å². The standard InChI is InChI=1S/C17H16N2O3S/c1-22-13-8-4-2-6-11(13)18-16(20)10-15-17(21)19-12-7-3-5-9-14(12)23-15/h2-9,15H,10H2,1H3,(H,18,20)(H,19,21)/t15-/m1/s1. The van der Waals surface area contributed by atoms with E-state index < -0.39 is 5.25 Å². The smallest absolute Gasteiger partial charge is 0.238 e. The molecule has 0 aromatic heterocycles. The van der Waals surface area contributed by atoms with Crippen molar-refractivity contribution in [3.8, 4) is 5.75 Å². The zero-order chi connectivity index (χ0) is 16.2. The first-order chi connectivity index (χ1) is 11.2. The zero-order valence-corrected chi connectivity index (χ0v) is 13.4. The number of para-hydroxylation sites is 3. The lowest BCUT2D eigenvalue weighted by Gasteiger charge is -2.23. The van der Waals surface area contributed by atoms with E-state index in [0.717, 1.165) is 10.6 Å². The fraction of sp³-hybridized carbons (Fsp3) is 0.176. The van der Waals surface area contributed by atoms with E-state index in [1.165, 1.54) is 11.8 Å². The van der Waals surface area contributed by atoms with E-state index in [1.807, 2.05) is 36.4 Å². The summed E-state index contributed by atoms with van der Waals surface area (Å²) < 4.78 is 5.20. The monoisotopic (exact) mass is 328 g/mol. The number of hydrogen-bond donors (Lipinski definition) is 2. The number of rotatable bonds is 4. The molecule has 0 radical (unpaired) electrons. The minimum atomic E-state index is -0.445. The first-order valence-electron chi connectivity index (χ1n) is 7.17. The molecule has 0 saturated heterocycles. The molecule has 0 fully saturated rings. The highest BCUT2D eigenvalue weighted by molar-refractivity contribution is 8.01. The molecule has 118 valence electrons. The van der Waals surface area contributed by atoms with Gasteiger partial charge < -0.3 is 15.4 Å². The van der Waals surface area contributed by atoms with Crippen molar-refractivity contribution in [1.29, 1.82) is 0 Å². The predicted octanol–water partition coefficient (Wildman–Crippen LogP) is 3.14. The normalized spacial score (nSPS) is 16.2. The van der Waals surface area contributed by atoms with Gasteiger partial charge >= 0.3 is 0 Å². The van der Waals surface area contributed by atoms with Crippen molar-refractivity contribution in [2.45, 2.75) is 16.6 Å². The summed E-state index contributed by atoms with van der Waals surface area (Å²) in [5.74, 6) is 0.220. The van der Waals surface area contributed by atoms with Crippen LogP contribution in [0.1, 0.15) is 6.42 Å². The number of anilines is 2. The highest BCUT2D eigenvalue weighted by Crippen LogP contribution is 2.36. The largest absolute Gasteiger partial charge is 0.495 e. The van der Waals surface area contributed by atoms with E-state index in [1.54, 1.807) is 19.2 Å². The van der Waals surface area contributed by atoms with Crippen molar-refractivity contribution in [1.82, 2.24) is 0 Å². The van der Waals surface area contributed by atoms with Crippen LogP contribution in [0.5, 0.6) is 5.75 Å². The molecule has 5 nitrogen and oxygen atoms in total. The van der Waals surface area contributed by atoms with Crippen LogP contribution in [-0.4, -0.2) is 24.2 Å². The summed E-state index contributed by atoms with van der Waals surface area (Å²) in [6.07, 6.45) is 0.100. The molecule has 0 bridgehead atoms. The third kappa shape index (κ3) is 3.48. The Morgan fingerprint density at radius 2 is 1.96 bits per heavy atom. The fourth-order valence-corrected chi connectivity index (χ4v) is 3.45. The molecule has 0 spiro atoms. The van der Waals surface area contributed by atoms with Crippen LogP contribution in [0.15, 0.2) is 53.4 Å². The summed E-state index contributed by atoms with van der Waals surface area (Å²) in [6.45, 7) is 0. The lowest BCUT2D eigenvalue weighted by atomic mass is 10.2.